The molecule has 0 spiro atoms. The van der Waals surface area contributed by atoms with E-state index < -0.39 is 17.6 Å². The molecule has 0 aliphatic carbocycles. The van der Waals surface area contributed by atoms with Crippen LogP contribution in [0.25, 0.3) is 5.57 Å². The number of carbonyl (C=O) groups is 2. The van der Waals surface area contributed by atoms with Gasteiger partial charge in [-0.15, -0.1) is 0 Å². The first-order chi connectivity index (χ1) is 11.9. The molecular weight excluding hydrogens is 345 g/mol. The van der Waals surface area contributed by atoms with E-state index in [1.165, 1.54) is 24.3 Å². The monoisotopic (exact) mass is 359 g/mol. The summed E-state index contributed by atoms with van der Waals surface area (Å²) in [5.41, 5.74) is 0.850. The largest absolute Gasteiger partial charge is 0.491 e. The minimum atomic E-state index is -0.608. The standard InChI is InChI=1S/C19H15ClFNO3/c1-11(2)25-15-9-7-14(8-10-15)22-18(23)16(17(20)19(22)24)12-3-5-13(21)6-4-12/h3-11H,1-2H3. The average Bonchev–Trinajstić information content (AvgIpc) is 2.79. The van der Waals surface area contributed by atoms with Gasteiger partial charge in [0.05, 0.1) is 17.4 Å². The molecule has 0 unspecified atom stereocenters. The van der Waals surface area contributed by atoms with Gasteiger partial charge < -0.3 is 4.74 Å². The second-order valence-corrected chi connectivity index (χ2v) is 6.18. The summed E-state index contributed by atoms with van der Waals surface area (Å²) in [6.45, 7) is 3.81. The lowest BCUT2D eigenvalue weighted by molar-refractivity contribution is -0.119. The number of hydrogen-bond acceptors (Lipinski definition) is 3. The van der Waals surface area contributed by atoms with Crippen molar-refractivity contribution in [1.29, 1.82) is 0 Å². The van der Waals surface area contributed by atoms with Gasteiger partial charge in [-0.05, 0) is 55.8 Å². The van der Waals surface area contributed by atoms with Gasteiger partial charge in [0.25, 0.3) is 11.8 Å². The van der Waals surface area contributed by atoms with Gasteiger partial charge in [0.2, 0.25) is 0 Å². The van der Waals surface area contributed by atoms with E-state index in [0.717, 1.165) is 4.90 Å². The molecule has 0 fully saturated rings. The summed E-state index contributed by atoms with van der Waals surface area (Å²) in [7, 11) is 0. The number of amides is 2. The van der Waals surface area contributed by atoms with E-state index in [9.17, 15) is 14.0 Å². The molecule has 0 saturated carbocycles. The number of carbonyl (C=O) groups excluding carboxylic acids is 2. The Bertz CT molecular complexity index is 857. The Morgan fingerprint density at radius 2 is 1.56 bits per heavy atom. The Hall–Kier alpha value is -2.66. The number of hydrogen-bond donors (Lipinski definition) is 0. The first kappa shape index (κ1) is 17.2. The van der Waals surface area contributed by atoms with Crippen LogP contribution in [0.1, 0.15) is 19.4 Å². The van der Waals surface area contributed by atoms with Crippen molar-refractivity contribution in [3.63, 3.8) is 0 Å². The lowest BCUT2D eigenvalue weighted by Gasteiger charge is -2.16. The number of halogens is 2. The quantitative estimate of drug-likeness (QED) is 0.771. The first-order valence-electron chi connectivity index (χ1n) is 7.69. The number of anilines is 1. The van der Waals surface area contributed by atoms with Crippen molar-refractivity contribution in [3.8, 4) is 5.75 Å². The van der Waals surface area contributed by atoms with Crippen molar-refractivity contribution in [3.05, 3.63) is 64.9 Å². The number of imide groups is 1. The molecule has 1 aliphatic rings. The molecule has 128 valence electrons. The molecular formula is C19H15ClFNO3. The molecule has 2 aromatic carbocycles. The van der Waals surface area contributed by atoms with Crippen molar-refractivity contribution in [2.45, 2.75) is 20.0 Å². The number of rotatable bonds is 4. The van der Waals surface area contributed by atoms with Crippen LogP contribution < -0.4 is 9.64 Å². The molecule has 0 aromatic heterocycles. The van der Waals surface area contributed by atoms with Gasteiger partial charge in [-0.25, -0.2) is 9.29 Å². The third-order valence-electron chi connectivity index (χ3n) is 3.63. The topological polar surface area (TPSA) is 46.6 Å². The maximum Gasteiger partial charge on any atom is 0.277 e. The summed E-state index contributed by atoms with van der Waals surface area (Å²) in [5.74, 6) is -0.951. The van der Waals surface area contributed by atoms with Gasteiger partial charge in [0, 0.05) is 0 Å². The van der Waals surface area contributed by atoms with Gasteiger partial charge in [0.15, 0.2) is 0 Å². The van der Waals surface area contributed by atoms with Crippen LogP contribution in [0, 0.1) is 5.82 Å². The molecule has 2 amide bonds. The first-order valence-corrected chi connectivity index (χ1v) is 8.07. The van der Waals surface area contributed by atoms with Crippen LogP contribution in [0.3, 0.4) is 0 Å². The molecule has 6 heteroatoms. The highest BCUT2D eigenvalue weighted by Crippen LogP contribution is 2.35. The molecule has 0 N–H and O–H groups in total. The summed E-state index contributed by atoms with van der Waals surface area (Å²) in [6, 6.07) is 11.9. The van der Waals surface area contributed by atoms with Crippen LogP contribution in [0.2, 0.25) is 0 Å². The highest BCUT2D eigenvalue weighted by Gasteiger charge is 2.39. The van der Waals surface area contributed by atoms with E-state index in [2.05, 4.69) is 0 Å². The predicted molar refractivity (Wildman–Crippen MR) is 93.9 cm³/mol. The molecule has 1 aliphatic heterocycles. The second-order valence-electron chi connectivity index (χ2n) is 5.80. The molecule has 4 nitrogen and oxygen atoms in total. The van der Waals surface area contributed by atoms with Gasteiger partial charge in [-0.1, -0.05) is 23.7 Å². The normalized spacial score (nSPS) is 14.7. The SMILES string of the molecule is CC(C)Oc1ccc(N2C(=O)C(Cl)=C(c3ccc(F)cc3)C2=O)cc1. The summed E-state index contributed by atoms with van der Waals surface area (Å²) >= 11 is 6.09. The van der Waals surface area contributed by atoms with Crippen molar-refractivity contribution in [1.82, 2.24) is 0 Å². The summed E-state index contributed by atoms with van der Waals surface area (Å²) in [4.78, 5) is 26.2. The van der Waals surface area contributed by atoms with Crippen LogP contribution in [0.5, 0.6) is 5.75 Å². The van der Waals surface area contributed by atoms with Crippen molar-refractivity contribution in [2.75, 3.05) is 4.90 Å². The van der Waals surface area contributed by atoms with Crippen molar-refractivity contribution < 1.29 is 18.7 Å². The third kappa shape index (κ3) is 3.28. The van der Waals surface area contributed by atoms with Gasteiger partial charge in [-0.3, -0.25) is 9.59 Å². The fourth-order valence-electron chi connectivity index (χ4n) is 2.55. The Morgan fingerprint density at radius 1 is 0.960 bits per heavy atom. The molecule has 0 atom stereocenters. The van der Waals surface area contributed by atoms with Crippen molar-refractivity contribution >= 4 is 34.7 Å². The maximum atomic E-state index is 13.1. The Labute approximate surface area is 149 Å². The summed E-state index contributed by atoms with van der Waals surface area (Å²) in [6.07, 6.45) is 0.0158. The van der Waals surface area contributed by atoms with Gasteiger partial charge >= 0.3 is 0 Å². The number of nitrogens with zero attached hydrogens (tertiary/aromatic N) is 1. The van der Waals surface area contributed by atoms with Crippen LogP contribution in [-0.4, -0.2) is 17.9 Å². The van der Waals surface area contributed by atoms with E-state index in [1.54, 1.807) is 24.3 Å². The molecule has 1 heterocycles. The molecule has 0 radical (unpaired) electrons. The van der Waals surface area contributed by atoms with E-state index in [0.29, 0.717) is 17.0 Å². The molecule has 3 rings (SSSR count). The second kappa shape index (κ2) is 6.69. The average molecular weight is 360 g/mol. The maximum absolute atomic E-state index is 13.1. The zero-order chi connectivity index (χ0) is 18.1. The van der Waals surface area contributed by atoms with Crippen LogP contribution in [0.4, 0.5) is 10.1 Å². The highest BCUT2D eigenvalue weighted by atomic mass is 35.5. The molecule has 0 saturated heterocycles. The van der Waals surface area contributed by atoms with Crippen molar-refractivity contribution in [2.24, 2.45) is 0 Å². The summed E-state index contributed by atoms with van der Waals surface area (Å²) < 4.78 is 18.6. The zero-order valence-electron chi connectivity index (χ0n) is 13.6. The number of benzene rings is 2. The Balaban J connectivity index is 1.91. The zero-order valence-corrected chi connectivity index (χ0v) is 14.4. The van der Waals surface area contributed by atoms with Crippen LogP contribution in [-0.2, 0) is 9.59 Å². The van der Waals surface area contributed by atoms with Crippen LogP contribution in [0.15, 0.2) is 53.6 Å². The van der Waals surface area contributed by atoms with E-state index in [1.807, 2.05) is 13.8 Å². The highest BCUT2D eigenvalue weighted by molar-refractivity contribution is 6.60. The minimum absolute atomic E-state index is 0.0158. The van der Waals surface area contributed by atoms with Gasteiger partial charge in [0.1, 0.15) is 16.6 Å². The van der Waals surface area contributed by atoms with E-state index >= 15 is 0 Å². The fourth-order valence-corrected chi connectivity index (χ4v) is 2.82. The molecule has 25 heavy (non-hydrogen) atoms. The minimum Gasteiger partial charge on any atom is -0.491 e. The Kier molecular flexibility index (Phi) is 4.59. The fraction of sp³-hybridized carbons (Fsp3) is 0.158. The lowest BCUT2D eigenvalue weighted by atomic mass is 10.1. The summed E-state index contributed by atoms with van der Waals surface area (Å²) in [5, 5.41) is -0.181. The lowest BCUT2D eigenvalue weighted by Crippen LogP contribution is -2.31. The molecule has 2 aromatic rings. The van der Waals surface area contributed by atoms with E-state index in [4.69, 9.17) is 16.3 Å². The third-order valence-corrected chi connectivity index (χ3v) is 3.98. The Morgan fingerprint density at radius 3 is 2.12 bits per heavy atom. The van der Waals surface area contributed by atoms with Gasteiger partial charge in [-0.2, -0.15) is 0 Å². The van der Waals surface area contributed by atoms with Crippen LogP contribution >= 0.6 is 11.6 Å². The van der Waals surface area contributed by atoms with E-state index in [-0.39, 0.29) is 16.7 Å². The number of ether oxygens (including phenoxy) is 1. The predicted octanol–water partition coefficient (Wildman–Crippen LogP) is 4.14. The molecule has 0 bridgehead atoms. The smallest absolute Gasteiger partial charge is 0.277 e.